The molecular weight excluding hydrogens is 242 g/mol. The van der Waals surface area contributed by atoms with Gasteiger partial charge in [0.2, 0.25) is 0 Å². The lowest BCUT2D eigenvalue weighted by Crippen LogP contribution is -2.31. The fraction of sp³-hybridized carbons (Fsp3) is 0.533. The number of nitrogens with one attached hydrogen (secondary N) is 1. The molecule has 4 heteroatoms. The first kappa shape index (κ1) is 14.0. The molecule has 1 unspecified atom stereocenters. The number of fused-ring (bicyclic) bond motifs is 1. The van der Waals surface area contributed by atoms with Crippen molar-refractivity contribution in [2.24, 2.45) is 0 Å². The van der Waals surface area contributed by atoms with Gasteiger partial charge in [0.15, 0.2) is 6.10 Å². The molecule has 0 bridgehead atoms. The maximum Gasteiger partial charge on any atom is 0.253 e. The van der Waals surface area contributed by atoms with Gasteiger partial charge in [0.25, 0.3) is 5.91 Å². The van der Waals surface area contributed by atoms with E-state index in [1.807, 2.05) is 18.2 Å². The van der Waals surface area contributed by atoms with Gasteiger partial charge in [0.1, 0.15) is 0 Å². The Balaban J connectivity index is 2.02. The van der Waals surface area contributed by atoms with Crippen LogP contribution in [0.1, 0.15) is 35.6 Å². The number of ether oxygens (including phenoxy) is 1. The number of hydrogen-bond donors (Lipinski definition) is 2. The van der Waals surface area contributed by atoms with Gasteiger partial charge in [-0.1, -0.05) is 18.2 Å². The third-order valence-corrected chi connectivity index (χ3v) is 3.54. The number of amides is 1. The first-order valence-corrected chi connectivity index (χ1v) is 6.79. The van der Waals surface area contributed by atoms with E-state index in [1.165, 1.54) is 24.0 Å². The Kier molecular flexibility index (Phi) is 4.93. The van der Waals surface area contributed by atoms with Gasteiger partial charge in [-0.2, -0.15) is 0 Å². The fourth-order valence-electron chi connectivity index (χ4n) is 2.45. The summed E-state index contributed by atoms with van der Waals surface area (Å²) in [5.74, 6) is -0.368. The van der Waals surface area contributed by atoms with Crippen molar-refractivity contribution in [3.8, 4) is 0 Å². The Morgan fingerprint density at radius 1 is 1.37 bits per heavy atom. The van der Waals surface area contributed by atoms with Gasteiger partial charge in [-0.3, -0.25) is 4.79 Å². The molecule has 1 aromatic rings. The first-order valence-electron chi connectivity index (χ1n) is 6.79. The van der Waals surface area contributed by atoms with Gasteiger partial charge in [-0.15, -0.1) is 0 Å². The maximum absolute atomic E-state index is 11.8. The third-order valence-electron chi connectivity index (χ3n) is 3.54. The van der Waals surface area contributed by atoms with Crippen LogP contribution in [0, 0.1) is 0 Å². The van der Waals surface area contributed by atoms with Crippen molar-refractivity contribution in [3.63, 3.8) is 0 Å². The highest BCUT2D eigenvalue weighted by Crippen LogP contribution is 2.24. The van der Waals surface area contributed by atoms with Crippen molar-refractivity contribution in [2.45, 2.75) is 31.8 Å². The van der Waals surface area contributed by atoms with Crippen LogP contribution in [-0.2, 0) is 22.4 Å². The molecule has 0 fully saturated rings. The second kappa shape index (κ2) is 6.68. The average Bonchev–Trinajstić information content (AvgIpc) is 2.46. The standard InChI is InChI=1S/C15H21NO3/c1-19-9-8-16-15(18)14(17)13-7-6-11-4-2-3-5-12(11)10-13/h6-7,10,14,17H,2-5,8-9H2,1H3,(H,16,18). The predicted octanol–water partition coefficient (Wildman–Crippen LogP) is 1.36. The Morgan fingerprint density at radius 3 is 2.84 bits per heavy atom. The lowest BCUT2D eigenvalue weighted by molar-refractivity contribution is -0.129. The van der Waals surface area contributed by atoms with Crippen LogP contribution in [0.25, 0.3) is 0 Å². The van der Waals surface area contributed by atoms with Crippen LogP contribution >= 0.6 is 0 Å². The fourth-order valence-corrected chi connectivity index (χ4v) is 2.45. The summed E-state index contributed by atoms with van der Waals surface area (Å²) in [4.78, 5) is 11.8. The quantitative estimate of drug-likeness (QED) is 0.789. The van der Waals surface area contributed by atoms with Gasteiger partial charge in [0, 0.05) is 13.7 Å². The molecule has 4 nitrogen and oxygen atoms in total. The Hall–Kier alpha value is -1.39. The highest BCUT2D eigenvalue weighted by Gasteiger charge is 2.19. The molecule has 1 amide bonds. The number of aliphatic hydroxyl groups is 1. The van der Waals surface area contributed by atoms with E-state index >= 15 is 0 Å². The van der Waals surface area contributed by atoms with E-state index in [1.54, 1.807) is 7.11 Å². The van der Waals surface area contributed by atoms with Crippen molar-refractivity contribution in [2.75, 3.05) is 20.3 Å². The van der Waals surface area contributed by atoms with Crippen LogP contribution in [0.2, 0.25) is 0 Å². The zero-order valence-corrected chi connectivity index (χ0v) is 11.3. The summed E-state index contributed by atoms with van der Waals surface area (Å²) in [6, 6.07) is 5.86. The van der Waals surface area contributed by atoms with E-state index in [0.29, 0.717) is 18.7 Å². The molecule has 2 rings (SSSR count). The van der Waals surface area contributed by atoms with Gasteiger partial charge < -0.3 is 15.2 Å². The minimum Gasteiger partial charge on any atom is -0.383 e. The van der Waals surface area contributed by atoms with E-state index in [9.17, 15) is 9.90 Å². The molecule has 1 aliphatic rings. The summed E-state index contributed by atoms with van der Waals surface area (Å²) in [5.41, 5.74) is 3.30. The molecule has 2 N–H and O–H groups in total. The third kappa shape index (κ3) is 3.55. The molecule has 0 saturated heterocycles. The van der Waals surface area contributed by atoms with Crippen LogP contribution in [-0.4, -0.2) is 31.3 Å². The van der Waals surface area contributed by atoms with Crippen LogP contribution in [0.15, 0.2) is 18.2 Å². The summed E-state index contributed by atoms with van der Waals surface area (Å²) in [7, 11) is 1.58. The molecule has 0 saturated carbocycles. The number of methoxy groups -OCH3 is 1. The van der Waals surface area contributed by atoms with E-state index in [4.69, 9.17) is 4.74 Å². The van der Waals surface area contributed by atoms with Crippen molar-refractivity contribution < 1.29 is 14.6 Å². The summed E-state index contributed by atoms with van der Waals surface area (Å²) in [6.07, 6.45) is 3.47. The number of carbonyl (C=O) groups excluding carboxylic acids is 1. The summed E-state index contributed by atoms with van der Waals surface area (Å²) < 4.78 is 4.86. The zero-order chi connectivity index (χ0) is 13.7. The Bertz CT molecular complexity index is 445. The number of aliphatic hydroxyl groups excluding tert-OH is 1. The van der Waals surface area contributed by atoms with Gasteiger partial charge in [-0.05, 0) is 42.4 Å². The van der Waals surface area contributed by atoms with Crippen LogP contribution in [0.3, 0.4) is 0 Å². The highest BCUT2D eigenvalue weighted by atomic mass is 16.5. The predicted molar refractivity (Wildman–Crippen MR) is 72.9 cm³/mol. The second-order valence-electron chi connectivity index (χ2n) is 4.92. The van der Waals surface area contributed by atoms with E-state index in [0.717, 1.165) is 12.8 Å². The average molecular weight is 263 g/mol. The maximum atomic E-state index is 11.8. The molecule has 1 atom stereocenters. The molecule has 0 heterocycles. The monoisotopic (exact) mass is 263 g/mol. The minimum absolute atomic E-state index is 0.368. The SMILES string of the molecule is COCCNC(=O)C(O)c1ccc2c(c1)CCCC2. The number of rotatable bonds is 5. The van der Waals surface area contributed by atoms with Gasteiger partial charge >= 0.3 is 0 Å². The first-order chi connectivity index (χ1) is 9.22. The molecule has 1 aromatic carbocycles. The van der Waals surface area contributed by atoms with Gasteiger partial charge in [-0.25, -0.2) is 0 Å². The largest absolute Gasteiger partial charge is 0.383 e. The molecular formula is C15H21NO3. The minimum atomic E-state index is -1.09. The lowest BCUT2D eigenvalue weighted by atomic mass is 9.89. The molecule has 0 aromatic heterocycles. The van der Waals surface area contributed by atoms with E-state index in [-0.39, 0.29) is 5.91 Å². The molecule has 1 aliphatic carbocycles. The van der Waals surface area contributed by atoms with E-state index in [2.05, 4.69) is 5.32 Å². The smallest absolute Gasteiger partial charge is 0.253 e. The summed E-state index contributed by atoms with van der Waals surface area (Å²) in [6.45, 7) is 0.861. The lowest BCUT2D eigenvalue weighted by Gasteiger charge is -2.18. The number of benzene rings is 1. The molecule has 19 heavy (non-hydrogen) atoms. The van der Waals surface area contributed by atoms with Crippen LogP contribution in [0.5, 0.6) is 0 Å². The highest BCUT2D eigenvalue weighted by molar-refractivity contribution is 5.81. The molecule has 0 spiro atoms. The van der Waals surface area contributed by atoms with Crippen molar-refractivity contribution in [3.05, 3.63) is 34.9 Å². The molecule has 104 valence electrons. The normalized spacial score (nSPS) is 15.7. The van der Waals surface area contributed by atoms with Crippen molar-refractivity contribution in [1.82, 2.24) is 5.32 Å². The van der Waals surface area contributed by atoms with Crippen LogP contribution < -0.4 is 5.32 Å². The molecule has 0 aliphatic heterocycles. The number of carbonyl (C=O) groups is 1. The zero-order valence-electron chi connectivity index (χ0n) is 11.3. The number of hydrogen-bond acceptors (Lipinski definition) is 3. The molecule has 0 radical (unpaired) electrons. The second-order valence-corrected chi connectivity index (χ2v) is 4.92. The Labute approximate surface area is 113 Å². The topological polar surface area (TPSA) is 58.6 Å². The van der Waals surface area contributed by atoms with Crippen molar-refractivity contribution in [1.29, 1.82) is 0 Å². The van der Waals surface area contributed by atoms with Crippen molar-refractivity contribution >= 4 is 5.91 Å². The van der Waals surface area contributed by atoms with Gasteiger partial charge in [0.05, 0.1) is 6.61 Å². The van der Waals surface area contributed by atoms with Crippen LogP contribution in [0.4, 0.5) is 0 Å². The van der Waals surface area contributed by atoms with E-state index < -0.39 is 6.10 Å². The summed E-state index contributed by atoms with van der Waals surface area (Å²) >= 11 is 0. The number of aryl methyl sites for hydroxylation is 2. The Morgan fingerprint density at radius 2 is 2.11 bits per heavy atom. The summed E-state index contributed by atoms with van der Waals surface area (Å²) in [5, 5.41) is 12.7.